The van der Waals surface area contributed by atoms with Crippen molar-refractivity contribution in [3.63, 3.8) is 0 Å². The van der Waals surface area contributed by atoms with Crippen molar-refractivity contribution in [1.82, 2.24) is 19.8 Å². The van der Waals surface area contributed by atoms with Crippen molar-refractivity contribution in [3.8, 4) is 16.3 Å². The highest BCUT2D eigenvalue weighted by Gasteiger charge is 2.33. The van der Waals surface area contributed by atoms with E-state index in [9.17, 15) is 14.0 Å². The Morgan fingerprint density at radius 2 is 2.00 bits per heavy atom. The Morgan fingerprint density at radius 3 is 2.70 bits per heavy atom. The lowest BCUT2D eigenvalue weighted by Gasteiger charge is -2.35. The third-order valence-corrected chi connectivity index (χ3v) is 9.84. The lowest BCUT2D eigenvalue weighted by atomic mass is 10.0. The largest absolute Gasteiger partial charge is 0.494 e. The molecule has 0 unspecified atom stereocenters. The first-order valence-electron chi connectivity index (χ1n) is 14.6. The molecule has 2 aliphatic rings. The number of aromatic nitrogens is 2. The summed E-state index contributed by atoms with van der Waals surface area (Å²) in [6, 6.07) is 7.42. The molecule has 1 N–H and O–H groups in total. The predicted octanol–water partition coefficient (Wildman–Crippen LogP) is 7.33. The summed E-state index contributed by atoms with van der Waals surface area (Å²) in [5.41, 5.74) is 3.59. The van der Waals surface area contributed by atoms with Gasteiger partial charge in [0.05, 0.1) is 30.1 Å². The van der Waals surface area contributed by atoms with E-state index in [0.29, 0.717) is 17.2 Å². The minimum absolute atomic E-state index is 0.0593. The molecule has 1 saturated carbocycles. The molecule has 43 heavy (non-hydrogen) atoms. The zero-order valence-electron chi connectivity index (χ0n) is 25.0. The number of rotatable bonds is 6. The molecular formula is C32H36BrFN4O4S. The van der Waals surface area contributed by atoms with E-state index < -0.39 is 23.9 Å². The van der Waals surface area contributed by atoms with Crippen LogP contribution in [-0.4, -0.2) is 64.5 Å². The fraction of sp³-hybridized carbons (Fsp3) is 0.469. The molecule has 8 nitrogen and oxygen atoms in total. The number of aryl methyl sites for hydroxylation is 1. The van der Waals surface area contributed by atoms with Crippen LogP contribution in [0.5, 0.6) is 5.75 Å². The fourth-order valence-corrected chi connectivity index (χ4v) is 7.94. The van der Waals surface area contributed by atoms with Gasteiger partial charge in [-0.25, -0.2) is 13.7 Å². The van der Waals surface area contributed by atoms with Crippen LogP contribution >= 0.6 is 27.3 Å². The first-order chi connectivity index (χ1) is 20.4. The number of carbonyl (C=O) groups excluding carboxylic acids is 2. The van der Waals surface area contributed by atoms with Crippen molar-refractivity contribution >= 4 is 54.9 Å². The highest BCUT2D eigenvalue weighted by Crippen LogP contribution is 2.47. The van der Waals surface area contributed by atoms with Crippen molar-refractivity contribution < 1.29 is 23.5 Å². The van der Waals surface area contributed by atoms with Crippen LogP contribution in [0.3, 0.4) is 0 Å². The van der Waals surface area contributed by atoms with Crippen LogP contribution in [-0.2, 0) is 11.2 Å². The average molecular weight is 672 g/mol. The molecule has 4 aromatic rings. The van der Waals surface area contributed by atoms with Gasteiger partial charge < -0.3 is 19.7 Å². The van der Waals surface area contributed by atoms with Gasteiger partial charge in [0.15, 0.2) is 0 Å². The standard InChI is InChI=1S/C32H36BrFN4O4S/c1-17-27(29-22(11-18-9-10-18)26-23(33)7-6-8-25(26)43-29)36-38-14-19(12-24(41-5)28(17)38)30(39)37-15-20(34)13-21(16-37)35-31(40)42-32(2,3)4/h6-8,12,14,18,20-21H,9-11,13,15-16H2,1-5H3,(H,35,40)/t20-,21-/m1/s1. The quantitative estimate of drug-likeness (QED) is 0.232. The molecule has 4 heterocycles. The van der Waals surface area contributed by atoms with Crippen molar-refractivity contribution in [2.75, 3.05) is 20.2 Å². The maximum absolute atomic E-state index is 14.8. The van der Waals surface area contributed by atoms with Crippen LogP contribution in [0.25, 0.3) is 26.2 Å². The van der Waals surface area contributed by atoms with Gasteiger partial charge in [-0.3, -0.25) is 4.79 Å². The number of benzene rings is 1. The third-order valence-electron chi connectivity index (χ3n) is 7.97. The number of nitrogens with zero attached hydrogens (tertiary/aromatic N) is 3. The van der Waals surface area contributed by atoms with Gasteiger partial charge in [-0.05, 0) is 76.6 Å². The second-order valence-corrected chi connectivity index (χ2v) is 14.5. The second kappa shape index (κ2) is 11.4. The van der Waals surface area contributed by atoms with E-state index >= 15 is 0 Å². The van der Waals surface area contributed by atoms with Gasteiger partial charge in [-0.15, -0.1) is 11.3 Å². The molecular weight excluding hydrogens is 635 g/mol. The SMILES string of the molecule is COc1cc(C(=O)N2C[C@H](F)C[C@@H](NC(=O)OC(C)(C)C)C2)cn2nc(-c3sc4cccc(Br)c4c3CC3CC3)c(C)c12. The van der Waals surface area contributed by atoms with Gasteiger partial charge in [0, 0.05) is 39.3 Å². The molecule has 2 atom stereocenters. The molecule has 0 radical (unpaired) electrons. The topological polar surface area (TPSA) is 85.2 Å². The summed E-state index contributed by atoms with van der Waals surface area (Å²) < 4.78 is 29.9. The number of hydrogen-bond acceptors (Lipinski definition) is 6. The molecule has 3 aromatic heterocycles. The van der Waals surface area contributed by atoms with E-state index in [4.69, 9.17) is 14.6 Å². The van der Waals surface area contributed by atoms with Crippen LogP contribution in [0.15, 0.2) is 34.9 Å². The predicted molar refractivity (Wildman–Crippen MR) is 170 cm³/mol. The molecule has 1 aliphatic heterocycles. The van der Waals surface area contributed by atoms with Crippen molar-refractivity contribution in [3.05, 3.63) is 51.6 Å². The van der Waals surface area contributed by atoms with Crippen LogP contribution < -0.4 is 10.1 Å². The zero-order chi connectivity index (χ0) is 30.6. The molecule has 0 bridgehead atoms. The van der Waals surface area contributed by atoms with E-state index in [0.717, 1.165) is 32.5 Å². The number of pyridine rings is 1. The lowest BCUT2D eigenvalue weighted by Crippen LogP contribution is -2.54. The Balaban J connectivity index is 1.34. The van der Waals surface area contributed by atoms with E-state index in [1.807, 2.05) is 6.92 Å². The van der Waals surface area contributed by atoms with Crippen molar-refractivity contribution in [2.45, 2.75) is 71.2 Å². The molecule has 228 valence electrons. The summed E-state index contributed by atoms with van der Waals surface area (Å²) in [7, 11) is 1.57. The Hall–Kier alpha value is -3.18. The second-order valence-electron chi connectivity index (χ2n) is 12.6. The van der Waals surface area contributed by atoms with Crippen LogP contribution in [0.1, 0.15) is 61.5 Å². The van der Waals surface area contributed by atoms with Crippen molar-refractivity contribution in [2.24, 2.45) is 5.92 Å². The summed E-state index contributed by atoms with van der Waals surface area (Å²) in [6.07, 6.45) is 3.39. The molecule has 1 aliphatic carbocycles. The number of thiophene rings is 1. The molecule has 11 heteroatoms. The third kappa shape index (κ3) is 6.11. The number of likely N-dealkylation sites (tertiary alicyclic amines) is 1. The minimum atomic E-state index is -1.28. The molecule has 1 aromatic carbocycles. The minimum Gasteiger partial charge on any atom is -0.494 e. The van der Waals surface area contributed by atoms with E-state index in [2.05, 4.69) is 39.4 Å². The number of ether oxygens (including phenoxy) is 2. The number of fused-ring (bicyclic) bond motifs is 2. The molecule has 6 rings (SSSR count). The summed E-state index contributed by atoms with van der Waals surface area (Å²) in [6.45, 7) is 7.44. The summed E-state index contributed by atoms with van der Waals surface area (Å²) in [4.78, 5) is 28.6. The Labute approximate surface area is 262 Å². The Morgan fingerprint density at radius 1 is 1.23 bits per heavy atom. The summed E-state index contributed by atoms with van der Waals surface area (Å²) >= 11 is 5.52. The number of carbonyl (C=O) groups is 2. The van der Waals surface area contributed by atoms with Crippen molar-refractivity contribution in [1.29, 1.82) is 0 Å². The number of halogens is 2. The molecule has 1 saturated heterocycles. The van der Waals surface area contributed by atoms with E-state index in [1.165, 1.54) is 33.4 Å². The number of methoxy groups -OCH3 is 1. The first kappa shape index (κ1) is 29.9. The zero-order valence-corrected chi connectivity index (χ0v) is 27.4. The normalized spacial score (nSPS) is 19.2. The Kier molecular flexibility index (Phi) is 7.91. The van der Waals surface area contributed by atoms with Gasteiger partial charge in [-0.2, -0.15) is 5.10 Å². The van der Waals surface area contributed by atoms with Gasteiger partial charge in [0.2, 0.25) is 0 Å². The van der Waals surface area contributed by atoms with Crippen LogP contribution in [0.2, 0.25) is 0 Å². The average Bonchev–Trinajstić information content (AvgIpc) is 3.59. The number of alkyl carbamates (subject to hydrolysis) is 1. The fourth-order valence-electron chi connectivity index (χ4n) is 5.90. The number of hydrogen-bond donors (Lipinski definition) is 1. The van der Waals surface area contributed by atoms with Gasteiger partial charge in [0.25, 0.3) is 5.91 Å². The van der Waals surface area contributed by atoms with Crippen LogP contribution in [0.4, 0.5) is 9.18 Å². The molecule has 2 amide bonds. The number of nitrogens with one attached hydrogen (secondary N) is 1. The van der Waals surface area contributed by atoms with Gasteiger partial charge in [0.1, 0.15) is 28.7 Å². The smallest absolute Gasteiger partial charge is 0.407 e. The lowest BCUT2D eigenvalue weighted by molar-refractivity contribution is 0.0394. The summed E-state index contributed by atoms with van der Waals surface area (Å²) in [5.74, 6) is 0.857. The monoisotopic (exact) mass is 670 g/mol. The number of amides is 2. The van der Waals surface area contributed by atoms with Gasteiger partial charge in [-0.1, -0.05) is 22.0 Å². The maximum Gasteiger partial charge on any atom is 0.407 e. The number of piperidine rings is 1. The van der Waals surface area contributed by atoms with Crippen LogP contribution in [0, 0.1) is 12.8 Å². The highest BCUT2D eigenvalue weighted by molar-refractivity contribution is 9.10. The van der Waals surface area contributed by atoms with E-state index in [1.54, 1.807) is 56.0 Å². The van der Waals surface area contributed by atoms with Gasteiger partial charge >= 0.3 is 6.09 Å². The summed E-state index contributed by atoms with van der Waals surface area (Å²) in [5, 5.41) is 8.98. The van der Waals surface area contributed by atoms with E-state index in [-0.39, 0.29) is 25.4 Å². The first-order valence-corrected chi connectivity index (χ1v) is 16.2. The molecule has 0 spiro atoms. The highest BCUT2D eigenvalue weighted by atomic mass is 79.9. The maximum atomic E-state index is 14.8. The molecule has 2 fully saturated rings. The number of alkyl halides is 1. The Bertz CT molecular complexity index is 1720.